The number of fused-ring (bicyclic) bond motifs is 2. The van der Waals surface area contributed by atoms with E-state index < -0.39 is 5.82 Å². The minimum Gasteiger partial charge on any atom is -0.508 e. The second-order valence-electron chi connectivity index (χ2n) is 10.7. The first-order valence-electron chi connectivity index (χ1n) is 15.5. The number of ether oxygens (including phenoxy) is 1. The molecule has 9 nitrogen and oxygen atoms in total. The third-order valence-corrected chi connectivity index (χ3v) is 7.91. The predicted molar refractivity (Wildman–Crippen MR) is 178 cm³/mol. The van der Waals surface area contributed by atoms with Gasteiger partial charge in [-0.25, -0.2) is 4.39 Å². The van der Waals surface area contributed by atoms with Crippen LogP contribution < -0.4 is 19.9 Å². The summed E-state index contributed by atoms with van der Waals surface area (Å²) in [7, 11) is 3.69. The number of hydrogen-bond acceptors (Lipinski definition) is 9. The molecule has 2 aromatic carbocycles. The zero-order valence-corrected chi connectivity index (χ0v) is 27.1. The smallest absolute Gasteiger partial charge is 0.233 e. The van der Waals surface area contributed by atoms with Crippen LogP contribution in [0.25, 0.3) is 10.8 Å². The van der Waals surface area contributed by atoms with Gasteiger partial charge in [0.1, 0.15) is 29.0 Å². The number of nitrogens with zero attached hydrogens (tertiary/aromatic N) is 6. The van der Waals surface area contributed by atoms with Crippen molar-refractivity contribution < 1.29 is 14.2 Å². The van der Waals surface area contributed by atoms with E-state index in [2.05, 4.69) is 34.2 Å². The van der Waals surface area contributed by atoms with E-state index in [1.807, 2.05) is 18.7 Å². The van der Waals surface area contributed by atoms with Crippen LogP contribution in [0.3, 0.4) is 0 Å². The molecule has 1 aromatic heterocycles. The van der Waals surface area contributed by atoms with Crippen molar-refractivity contribution >= 4 is 22.3 Å². The molecule has 2 saturated heterocycles. The molecule has 2 N–H and O–H groups in total. The molecule has 0 bridgehead atoms. The van der Waals surface area contributed by atoms with Gasteiger partial charge in [-0.3, -0.25) is 0 Å². The second-order valence-corrected chi connectivity index (χ2v) is 10.7. The van der Waals surface area contributed by atoms with Gasteiger partial charge in [0.05, 0.1) is 18.7 Å². The van der Waals surface area contributed by atoms with Gasteiger partial charge in [0.2, 0.25) is 5.88 Å². The van der Waals surface area contributed by atoms with Gasteiger partial charge < -0.3 is 29.9 Å². The number of methoxy groups -OCH3 is 1. The maximum absolute atomic E-state index is 14.6. The number of phenolic OH excluding ortho intramolecular Hbond substituents is 1. The van der Waals surface area contributed by atoms with Crippen LogP contribution >= 0.6 is 0 Å². The molecule has 0 unspecified atom stereocenters. The van der Waals surface area contributed by atoms with Crippen LogP contribution in [0.2, 0.25) is 0 Å². The van der Waals surface area contributed by atoms with Crippen LogP contribution in [-0.4, -0.2) is 75.0 Å². The van der Waals surface area contributed by atoms with Gasteiger partial charge in [0.15, 0.2) is 0 Å². The van der Waals surface area contributed by atoms with Crippen molar-refractivity contribution in [3.05, 3.63) is 52.3 Å². The summed E-state index contributed by atoms with van der Waals surface area (Å²) in [6, 6.07) is 10.1. The van der Waals surface area contributed by atoms with Gasteiger partial charge in [-0.05, 0) is 56.9 Å². The molecule has 3 aliphatic rings. The van der Waals surface area contributed by atoms with Crippen molar-refractivity contribution in [2.75, 3.05) is 69.8 Å². The molecule has 0 radical (unpaired) electrons. The number of aromatic nitrogens is 1. The van der Waals surface area contributed by atoms with Crippen molar-refractivity contribution in [3.63, 3.8) is 0 Å². The summed E-state index contributed by atoms with van der Waals surface area (Å²) in [6.07, 6.45) is 9.13. The number of halogens is 1. The molecule has 0 atom stereocenters. The Balaban J connectivity index is 0.000000432. The molecule has 3 aromatic rings. The van der Waals surface area contributed by atoms with Gasteiger partial charge in [-0.1, -0.05) is 25.8 Å². The van der Waals surface area contributed by atoms with Crippen molar-refractivity contribution in [2.24, 2.45) is 0 Å². The molecule has 2 fully saturated rings. The number of hydrogen-bond donors (Lipinski definition) is 2. The molecule has 45 heavy (non-hydrogen) atoms. The van der Waals surface area contributed by atoms with E-state index in [1.165, 1.54) is 46.0 Å². The Kier molecular flexibility index (Phi) is 13.2. The summed E-state index contributed by atoms with van der Waals surface area (Å²) in [5, 5.41) is 32.3. The van der Waals surface area contributed by atoms with Crippen molar-refractivity contribution in [1.82, 2.24) is 15.2 Å². The Morgan fingerprint density at radius 2 is 1.67 bits per heavy atom. The summed E-state index contributed by atoms with van der Waals surface area (Å²) in [5.41, 5.74) is 3.06. The topological polar surface area (TPSA) is 112 Å². The van der Waals surface area contributed by atoms with Gasteiger partial charge >= 0.3 is 0 Å². The van der Waals surface area contributed by atoms with E-state index in [-0.39, 0.29) is 11.3 Å². The van der Waals surface area contributed by atoms with Crippen molar-refractivity contribution in [2.45, 2.75) is 46.6 Å². The van der Waals surface area contributed by atoms with Crippen LogP contribution in [-0.2, 0) is 13.0 Å². The van der Waals surface area contributed by atoms with E-state index in [4.69, 9.17) is 21.4 Å². The summed E-state index contributed by atoms with van der Waals surface area (Å²) < 4.78 is 20.1. The summed E-state index contributed by atoms with van der Waals surface area (Å²) in [5.74, 6) is 3.20. The van der Waals surface area contributed by atoms with E-state index in [1.54, 1.807) is 24.3 Å². The SMILES string of the molecule is C#Cc1c(F)ccc2cc(O)cc(N3CCc4c(N5CCNCC5)nc(OC)c(C#N)c4C3)c12.CC.CC#N.CN1CCCC1. The zero-order valence-electron chi connectivity index (χ0n) is 27.1. The molecule has 0 spiro atoms. The molecule has 6 rings (SSSR count). The molecular weight excluding hydrogens is 569 g/mol. The lowest BCUT2D eigenvalue weighted by Gasteiger charge is -2.36. The van der Waals surface area contributed by atoms with Gasteiger partial charge in [0, 0.05) is 74.5 Å². The predicted octanol–water partition coefficient (Wildman–Crippen LogP) is 5.18. The van der Waals surface area contributed by atoms with Crippen LogP contribution in [0, 0.1) is 40.8 Å². The summed E-state index contributed by atoms with van der Waals surface area (Å²) >= 11 is 0. The minimum absolute atomic E-state index is 0.0668. The minimum atomic E-state index is -0.482. The lowest BCUT2D eigenvalue weighted by Crippen LogP contribution is -2.45. The first kappa shape index (κ1) is 34.9. The average molecular weight is 614 g/mol. The fraction of sp³-hybridized carbons (Fsp3) is 0.457. The third-order valence-electron chi connectivity index (χ3n) is 7.91. The van der Waals surface area contributed by atoms with Crippen molar-refractivity contribution in [3.8, 4) is 36.1 Å². The van der Waals surface area contributed by atoms with Gasteiger partial charge in [-0.2, -0.15) is 15.5 Å². The quantitative estimate of drug-likeness (QED) is 0.386. The van der Waals surface area contributed by atoms with E-state index in [9.17, 15) is 14.8 Å². The number of nitrogens with one attached hydrogen (secondary N) is 1. The number of aromatic hydroxyl groups is 1. The number of pyridine rings is 1. The maximum Gasteiger partial charge on any atom is 0.233 e. The third kappa shape index (κ3) is 8.13. The van der Waals surface area contributed by atoms with Crippen LogP contribution in [0.15, 0.2) is 24.3 Å². The number of anilines is 2. The lowest BCUT2D eigenvalue weighted by molar-refractivity contribution is 0.394. The highest BCUT2D eigenvalue weighted by molar-refractivity contribution is 6.00. The number of piperazine rings is 1. The Bertz CT molecular complexity index is 1580. The number of terminal acetylenes is 1. The Labute approximate surface area is 266 Å². The molecule has 3 aliphatic heterocycles. The van der Waals surface area contributed by atoms with Crippen LogP contribution in [0.1, 0.15) is 55.9 Å². The highest BCUT2D eigenvalue weighted by Crippen LogP contribution is 2.40. The first-order valence-corrected chi connectivity index (χ1v) is 15.5. The van der Waals surface area contributed by atoms with E-state index in [0.29, 0.717) is 47.4 Å². The zero-order chi connectivity index (χ0) is 32.9. The number of nitriles is 2. The maximum atomic E-state index is 14.6. The Morgan fingerprint density at radius 3 is 2.22 bits per heavy atom. The molecule has 238 valence electrons. The van der Waals surface area contributed by atoms with Gasteiger partial charge in [-0.15, -0.1) is 6.42 Å². The summed E-state index contributed by atoms with van der Waals surface area (Å²) in [6.45, 7) is 12.4. The lowest BCUT2D eigenvalue weighted by atomic mass is 9.94. The highest BCUT2D eigenvalue weighted by atomic mass is 19.1. The number of benzene rings is 2. The molecule has 4 heterocycles. The van der Waals surface area contributed by atoms with Gasteiger partial charge in [0.25, 0.3) is 0 Å². The number of phenols is 1. The molecule has 10 heteroatoms. The monoisotopic (exact) mass is 613 g/mol. The molecule has 0 aliphatic carbocycles. The first-order chi connectivity index (χ1) is 21.9. The number of rotatable bonds is 3. The van der Waals surface area contributed by atoms with E-state index >= 15 is 0 Å². The summed E-state index contributed by atoms with van der Waals surface area (Å²) in [4.78, 5) is 11.3. The fourth-order valence-electron chi connectivity index (χ4n) is 5.86. The standard InChI is InChI=1S/C26H24FN5O2.C5H11N.C2H3N.C2H6/c1-3-18-22(27)5-4-16-12-17(33)13-23(24(16)18)32-9-6-19-21(15-32)20(14-28)26(34-2)30-25(19)31-10-7-29-8-11-31;1-6-4-2-3-5-6;1-2-3;1-2/h1,4-5,12-13,29,33H,6-11,15H2,2H3;2-5H2,1H3;1H3;1-2H3. The molecule has 0 amide bonds. The highest BCUT2D eigenvalue weighted by Gasteiger charge is 2.30. The Morgan fingerprint density at radius 1 is 1.00 bits per heavy atom. The van der Waals surface area contributed by atoms with E-state index in [0.717, 1.165) is 43.1 Å². The largest absolute Gasteiger partial charge is 0.508 e. The molecular formula is C35H44FN7O2. The second kappa shape index (κ2) is 17.1. The Hall–Kier alpha value is -4.56. The molecule has 0 saturated carbocycles. The van der Waals surface area contributed by atoms with Crippen LogP contribution in [0.4, 0.5) is 15.9 Å². The fourth-order valence-corrected chi connectivity index (χ4v) is 5.86. The van der Waals surface area contributed by atoms with Crippen LogP contribution in [0.5, 0.6) is 11.6 Å². The normalized spacial score (nSPS) is 15.4. The average Bonchev–Trinajstić information content (AvgIpc) is 3.56. The van der Waals surface area contributed by atoms with Crippen molar-refractivity contribution in [1.29, 1.82) is 10.5 Å². The number of likely N-dealkylation sites (tertiary alicyclic amines) is 1.